The van der Waals surface area contributed by atoms with Crippen molar-refractivity contribution in [2.45, 2.75) is 44.7 Å². The normalized spacial score (nSPS) is 22.0. The van der Waals surface area contributed by atoms with Gasteiger partial charge in [0.25, 0.3) is 11.5 Å². The van der Waals surface area contributed by atoms with Crippen molar-refractivity contribution in [1.82, 2.24) is 19.6 Å². The average molecular weight is 390 g/mol. The van der Waals surface area contributed by atoms with E-state index in [1.807, 2.05) is 17.2 Å². The standard InChI is InChI=1S/C18H22N4O4S/c1-10-9-27-18-19-6-14(17(26)22(10)18)16(25)20-12-4-13(5-12)21(8-15(23)24)7-11-2-3-11/h6,9,11-13H,2-5,7-8H2,1H3,(H,20,25)(H,23,24). The zero-order valence-electron chi connectivity index (χ0n) is 15.1. The van der Waals surface area contributed by atoms with Gasteiger partial charge in [0.1, 0.15) is 5.56 Å². The Hall–Kier alpha value is -2.26. The maximum atomic E-state index is 12.6. The number of aromatic nitrogens is 2. The first-order chi connectivity index (χ1) is 12.9. The van der Waals surface area contributed by atoms with E-state index >= 15 is 0 Å². The predicted octanol–water partition coefficient (Wildman–Crippen LogP) is 1.12. The third-order valence-electron chi connectivity index (χ3n) is 5.35. The van der Waals surface area contributed by atoms with Gasteiger partial charge in [-0.05, 0) is 38.5 Å². The number of carbonyl (C=O) groups excluding carboxylic acids is 1. The van der Waals surface area contributed by atoms with Crippen LogP contribution in [0.4, 0.5) is 0 Å². The van der Waals surface area contributed by atoms with Crippen LogP contribution < -0.4 is 10.9 Å². The number of aryl methyl sites for hydroxylation is 1. The van der Waals surface area contributed by atoms with Crippen molar-refractivity contribution >= 4 is 28.2 Å². The van der Waals surface area contributed by atoms with E-state index in [1.165, 1.54) is 34.8 Å². The van der Waals surface area contributed by atoms with E-state index in [0.29, 0.717) is 23.7 Å². The van der Waals surface area contributed by atoms with E-state index in [1.54, 1.807) is 0 Å². The van der Waals surface area contributed by atoms with Crippen LogP contribution in [0.15, 0.2) is 16.4 Å². The molecule has 144 valence electrons. The van der Waals surface area contributed by atoms with Gasteiger partial charge in [-0.25, -0.2) is 4.98 Å². The molecule has 0 saturated heterocycles. The molecular weight excluding hydrogens is 368 g/mol. The number of hydrogen-bond donors (Lipinski definition) is 2. The van der Waals surface area contributed by atoms with E-state index in [-0.39, 0.29) is 29.8 Å². The smallest absolute Gasteiger partial charge is 0.317 e. The number of nitrogens with one attached hydrogen (secondary N) is 1. The van der Waals surface area contributed by atoms with Gasteiger partial charge in [0, 0.05) is 35.9 Å². The highest BCUT2D eigenvalue weighted by Crippen LogP contribution is 2.33. The fraction of sp³-hybridized carbons (Fsp3) is 0.556. The largest absolute Gasteiger partial charge is 0.480 e. The monoisotopic (exact) mass is 390 g/mol. The number of fused-ring (bicyclic) bond motifs is 1. The van der Waals surface area contributed by atoms with Gasteiger partial charge in [0.2, 0.25) is 0 Å². The highest BCUT2D eigenvalue weighted by Gasteiger charge is 2.38. The van der Waals surface area contributed by atoms with Crippen LogP contribution in [0.3, 0.4) is 0 Å². The first kappa shape index (κ1) is 18.1. The van der Waals surface area contributed by atoms with Crippen LogP contribution in [0.5, 0.6) is 0 Å². The zero-order chi connectivity index (χ0) is 19.1. The summed E-state index contributed by atoms with van der Waals surface area (Å²) in [5, 5.41) is 13.8. The maximum Gasteiger partial charge on any atom is 0.317 e. The van der Waals surface area contributed by atoms with Gasteiger partial charge in [-0.15, -0.1) is 11.3 Å². The van der Waals surface area contributed by atoms with E-state index in [2.05, 4.69) is 10.3 Å². The van der Waals surface area contributed by atoms with Crippen LogP contribution in [0.2, 0.25) is 0 Å². The Morgan fingerprint density at radius 2 is 2.15 bits per heavy atom. The fourth-order valence-electron chi connectivity index (χ4n) is 3.60. The second-order valence-corrected chi connectivity index (χ2v) is 8.37. The summed E-state index contributed by atoms with van der Waals surface area (Å²) in [5.74, 6) is -0.616. The Kier molecular flexibility index (Phi) is 4.73. The quantitative estimate of drug-likeness (QED) is 0.734. The number of hydrogen-bond acceptors (Lipinski definition) is 6. The Labute approximate surface area is 159 Å². The molecule has 1 amide bonds. The predicted molar refractivity (Wildman–Crippen MR) is 100 cm³/mol. The Morgan fingerprint density at radius 3 is 2.81 bits per heavy atom. The molecule has 8 nitrogen and oxygen atoms in total. The number of thiazole rings is 1. The summed E-state index contributed by atoms with van der Waals surface area (Å²) >= 11 is 1.36. The zero-order valence-corrected chi connectivity index (χ0v) is 15.9. The van der Waals surface area contributed by atoms with Crippen LogP contribution >= 0.6 is 11.3 Å². The molecule has 2 aromatic heterocycles. The summed E-state index contributed by atoms with van der Waals surface area (Å²) in [6.07, 6.45) is 5.10. The molecule has 0 spiro atoms. The maximum absolute atomic E-state index is 12.6. The molecule has 2 heterocycles. The van der Waals surface area contributed by atoms with E-state index in [9.17, 15) is 14.4 Å². The molecule has 4 rings (SSSR count). The van der Waals surface area contributed by atoms with Crippen molar-refractivity contribution in [3.8, 4) is 0 Å². The van der Waals surface area contributed by atoms with Crippen molar-refractivity contribution in [2.75, 3.05) is 13.1 Å². The molecule has 0 atom stereocenters. The highest BCUT2D eigenvalue weighted by molar-refractivity contribution is 7.15. The van der Waals surface area contributed by atoms with Crippen LogP contribution in [-0.4, -0.2) is 56.4 Å². The first-order valence-electron chi connectivity index (χ1n) is 9.15. The van der Waals surface area contributed by atoms with E-state index < -0.39 is 11.9 Å². The fourth-order valence-corrected chi connectivity index (χ4v) is 4.42. The van der Waals surface area contributed by atoms with Gasteiger partial charge >= 0.3 is 5.97 Å². The molecular formula is C18H22N4O4S. The topological polar surface area (TPSA) is 104 Å². The minimum atomic E-state index is -0.818. The number of carbonyl (C=O) groups is 2. The van der Waals surface area contributed by atoms with Crippen molar-refractivity contribution in [1.29, 1.82) is 0 Å². The van der Waals surface area contributed by atoms with Gasteiger partial charge in [0.15, 0.2) is 4.96 Å². The van der Waals surface area contributed by atoms with Crippen molar-refractivity contribution < 1.29 is 14.7 Å². The molecule has 0 bridgehead atoms. The third kappa shape index (κ3) is 3.74. The van der Waals surface area contributed by atoms with Crippen molar-refractivity contribution in [3.63, 3.8) is 0 Å². The van der Waals surface area contributed by atoms with Gasteiger partial charge in [-0.1, -0.05) is 0 Å². The van der Waals surface area contributed by atoms with E-state index in [4.69, 9.17) is 5.11 Å². The number of amides is 1. The molecule has 2 fully saturated rings. The summed E-state index contributed by atoms with van der Waals surface area (Å²) in [4.78, 5) is 43.0. The van der Waals surface area contributed by atoms with Crippen molar-refractivity contribution in [3.05, 3.63) is 33.2 Å². The molecule has 9 heteroatoms. The summed E-state index contributed by atoms with van der Waals surface area (Å²) in [5.41, 5.74) is 0.446. The summed E-state index contributed by atoms with van der Waals surface area (Å²) in [7, 11) is 0. The van der Waals surface area contributed by atoms with Crippen LogP contribution in [0.25, 0.3) is 4.96 Å². The summed E-state index contributed by atoms with van der Waals surface area (Å²) in [6, 6.07) is 0.134. The Morgan fingerprint density at radius 1 is 1.41 bits per heavy atom. The summed E-state index contributed by atoms with van der Waals surface area (Å²) < 4.78 is 1.45. The second kappa shape index (κ2) is 7.05. The molecule has 0 unspecified atom stereocenters. The molecule has 27 heavy (non-hydrogen) atoms. The summed E-state index contributed by atoms with van der Waals surface area (Å²) in [6.45, 7) is 2.67. The number of carboxylic acid groups (broad SMARTS) is 1. The number of aliphatic carboxylic acids is 1. The lowest BCUT2D eigenvalue weighted by Crippen LogP contribution is -2.55. The molecule has 2 aliphatic rings. The third-order valence-corrected chi connectivity index (χ3v) is 6.31. The highest BCUT2D eigenvalue weighted by atomic mass is 32.1. The molecule has 0 aromatic carbocycles. The molecule has 2 N–H and O–H groups in total. The van der Waals surface area contributed by atoms with Crippen LogP contribution in [0, 0.1) is 12.8 Å². The molecule has 0 aliphatic heterocycles. The lowest BCUT2D eigenvalue weighted by atomic mass is 9.85. The minimum absolute atomic E-state index is 0.0397. The van der Waals surface area contributed by atoms with Gasteiger partial charge in [0.05, 0.1) is 6.54 Å². The first-order valence-corrected chi connectivity index (χ1v) is 10.0. The van der Waals surface area contributed by atoms with Crippen LogP contribution in [-0.2, 0) is 4.79 Å². The lowest BCUT2D eigenvalue weighted by molar-refractivity contribution is -0.139. The van der Waals surface area contributed by atoms with Crippen molar-refractivity contribution in [2.24, 2.45) is 5.92 Å². The van der Waals surface area contributed by atoms with Gasteiger partial charge in [-0.3, -0.25) is 23.7 Å². The Bertz CT molecular complexity index is 942. The Balaban J connectivity index is 1.38. The van der Waals surface area contributed by atoms with E-state index in [0.717, 1.165) is 12.2 Å². The lowest BCUT2D eigenvalue weighted by Gasteiger charge is -2.42. The molecule has 2 aromatic rings. The number of carboxylic acids is 1. The molecule has 2 saturated carbocycles. The molecule has 2 aliphatic carbocycles. The number of rotatable bonds is 7. The average Bonchev–Trinajstić information content (AvgIpc) is 3.30. The minimum Gasteiger partial charge on any atom is -0.480 e. The van der Waals surface area contributed by atoms with Crippen LogP contribution in [0.1, 0.15) is 41.7 Å². The van der Waals surface area contributed by atoms with Gasteiger partial charge < -0.3 is 10.4 Å². The van der Waals surface area contributed by atoms with Gasteiger partial charge in [-0.2, -0.15) is 0 Å². The SMILES string of the molecule is Cc1csc2ncc(C(=O)NC3CC(N(CC(=O)O)CC4CC4)C3)c(=O)n12. The number of nitrogens with zero attached hydrogens (tertiary/aromatic N) is 3. The molecule has 0 radical (unpaired) electrons. The second-order valence-electron chi connectivity index (χ2n) is 7.53.